The van der Waals surface area contributed by atoms with Crippen molar-refractivity contribution < 1.29 is 9.53 Å². The van der Waals surface area contributed by atoms with Crippen LogP contribution in [0.15, 0.2) is 0 Å². The van der Waals surface area contributed by atoms with Crippen LogP contribution in [0.3, 0.4) is 0 Å². The summed E-state index contributed by atoms with van der Waals surface area (Å²) in [6.45, 7) is 4.28. The summed E-state index contributed by atoms with van der Waals surface area (Å²) in [5, 5.41) is 4.06. The highest BCUT2D eigenvalue weighted by atomic mass is 16.5. The topological polar surface area (TPSA) is 70.1 Å². The van der Waals surface area contributed by atoms with Gasteiger partial charge in [0.05, 0.1) is 6.61 Å². The van der Waals surface area contributed by atoms with E-state index in [4.69, 9.17) is 10.5 Å². The van der Waals surface area contributed by atoms with Gasteiger partial charge in [0.1, 0.15) is 0 Å². The van der Waals surface area contributed by atoms with Gasteiger partial charge >= 0.3 is 5.97 Å². The fourth-order valence-electron chi connectivity index (χ4n) is 1.26. The molecule has 0 aliphatic rings. The molecular formula is C9H15N3O2. The number of aromatic nitrogens is 2. The van der Waals surface area contributed by atoms with Gasteiger partial charge < -0.3 is 10.5 Å². The van der Waals surface area contributed by atoms with E-state index in [-0.39, 0.29) is 0 Å². The summed E-state index contributed by atoms with van der Waals surface area (Å²) in [5.41, 5.74) is 7.52. The standard InChI is InChI=1S/C9H15N3O2/c1-4-14-9(13)8-7(5-10)6(2)12(3)11-8/h4-5,10H2,1-3H3. The predicted octanol–water partition coefficient (Wildman–Crippen LogP) is 0.364. The van der Waals surface area contributed by atoms with Crippen LogP contribution < -0.4 is 5.73 Å². The molecule has 1 rings (SSSR count). The lowest BCUT2D eigenvalue weighted by molar-refractivity contribution is 0.0517. The molecule has 2 N–H and O–H groups in total. The lowest BCUT2D eigenvalue weighted by atomic mass is 10.2. The Labute approximate surface area is 82.8 Å². The normalized spacial score (nSPS) is 10.3. The minimum absolute atomic E-state index is 0.299. The molecule has 0 amide bonds. The smallest absolute Gasteiger partial charge is 0.359 e. The molecule has 0 atom stereocenters. The molecule has 78 valence electrons. The maximum Gasteiger partial charge on any atom is 0.359 e. The van der Waals surface area contributed by atoms with Gasteiger partial charge in [-0.15, -0.1) is 0 Å². The van der Waals surface area contributed by atoms with Crippen LogP contribution in [0.1, 0.15) is 28.7 Å². The minimum Gasteiger partial charge on any atom is -0.461 e. The van der Waals surface area contributed by atoms with Crippen molar-refractivity contribution in [2.24, 2.45) is 12.8 Å². The van der Waals surface area contributed by atoms with Gasteiger partial charge in [-0.1, -0.05) is 0 Å². The Balaban J connectivity index is 3.08. The zero-order valence-electron chi connectivity index (χ0n) is 8.70. The first-order valence-electron chi connectivity index (χ1n) is 4.51. The minimum atomic E-state index is -0.406. The second-order valence-electron chi connectivity index (χ2n) is 2.96. The van der Waals surface area contributed by atoms with Gasteiger partial charge in [-0.2, -0.15) is 5.10 Å². The van der Waals surface area contributed by atoms with Crippen molar-refractivity contribution in [1.29, 1.82) is 0 Å². The van der Waals surface area contributed by atoms with Gasteiger partial charge in [-0.25, -0.2) is 4.79 Å². The third kappa shape index (κ3) is 1.77. The zero-order chi connectivity index (χ0) is 10.7. The number of ether oxygens (including phenoxy) is 1. The van der Waals surface area contributed by atoms with E-state index >= 15 is 0 Å². The van der Waals surface area contributed by atoms with E-state index in [2.05, 4.69) is 5.10 Å². The Hall–Kier alpha value is -1.36. The highest BCUT2D eigenvalue weighted by Crippen LogP contribution is 2.12. The van der Waals surface area contributed by atoms with E-state index < -0.39 is 5.97 Å². The summed E-state index contributed by atoms with van der Waals surface area (Å²) in [5.74, 6) is -0.406. The molecule has 0 fully saturated rings. The van der Waals surface area contributed by atoms with Gasteiger partial charge in [0, 0.05) is 24.8 Å². The highest BCUT2D eigenvalue weighted by molar-refractivity contribution is 5.89. The number of hydrogen-bond acceptors (Lipinski definition) is 4. The van der Waals surface area contributed by atoms with Crippen LogP contribution in [0, 0.1) is 6.92 Å². The summed E-state index contributed by atoms with van der Waals surface area (Å²) >= 11 is 0. The van der Waals surface area contributed by atoms with E-state index in [1.54, 1.807) is 18.7 Å². The maximum absolute atomic E-state index is 11.4. The van der Waals surface area contributed by atoms with E-state index in [1.807, 2.05) is 6.92 Å². The number of aryl methyl sites for hydroxylation is 1. The van der Waals surface area contributed by atoms with E-state index in [1.165, 1.54) is 0 Å². The van der Waals surface area contributed by atoms with E-state index in [9.17, 15) is 4.79 Å². The molecule has 5 nitrogen and oxygen atoms in total. The van der Waals surface area contributed by atoms with Crippen LogP contribution in [0.4, 0.5) is 0 Å². The molecule has 0 radical (unpaired) electrons. The fraction of sp³-hybridized carbons (Fsp3) is 0.556. The third-order valence-electron chi connectivity index (χ3n) is 2.13. The van der Waals surface area contributed by atoms with Gasteiger partial charge in [-0.3, -0.25) is 4.68 Å². The van der Waals surface area contributed by atoms with Gasteiger partial charge in [0.2, 0.25) is 0 Å². The molecule has 14 heavy (non-hydrogen) atoms. The number of carbonyl (C=O) groups excluding carboxylic acids is 1. The number of hydrogen-bond donors (Lipinski definition) is 1. The van der Waals surface area contributed by atoms with Gasteiger partial charge in [-0.05, 0) is 13.8 Å². The lowest BCUT2D eigenvalue weighted by Gasteiger charge is -2.00. The Morgan fingerprint density at radius 2 is 2.29 bits per heavy atom. The fourth-order valence-corrected chi connectivity index (χ4v) is 1.26. The van der Waals surface area contributed by atoms with Crippen molar-refractivity contribution in [2.75, 3.05) is 6.61 Å². The average Bonchev–Trinajstić information content (AvgIpc) is 2.44. The summed E-state index contributed by atoms with van der Waals surface area (Å²) < 4.78 is 6.50. The molecular weight excluding hydrogens is 182 g/mol. The molecule has 1 heterocycles. The molecule has 0 aromatic carbocycles. The molecule has 0 spiro atoms. The number of nitrogens with two attached hydrogens (primary N) is 1. The van der Waals surface area contributed by atoms with Crippen LogP contribution in [-0.4, -0.2) is 22.4 Å². The Bertz CT molecular complexity index is 344. The van der Waals surface area contributed by atoms with E-state index in [0.29, 0.717) is 18.8 Å². The van der Waals surface area contributed by atoms with Crippen molar-refractivity contribution in [1.82, 2.24) is 9.78 Å². The van der Waals surface area contributed by atoms with Crippen molar-refractivity contribution in [3.63, 3.8) is 0 Å². The molecule has 0 saturated heterocycles. The van der Waals surface area contributed by atoms with E-state index in [0.717, 1.165) is 11.3 Å². The van der Waals surface area contributed by atoms with Crippen LogP contribution >= 0.6 is 0 Å². The van der Waals surface area contributed by atoms with Crippen LogP contribution in [-0.2, 0) is 18.3 Å². The maximum atomic E-state index is 11.4. The molecule has 0 saturated carbocycles. The number of nitrogens with zero attached hydrogens (tertiary/aromatic N) is 2. The molecule has 0 aliphatic carbocycles. The number of rotatable bonds is 3. The van der Waals surface area contributed by atoms with Gasteiger partial charge in [0.25, 0.3) is 0 Å². The molecule has 0 unspecified atom stereocenters. The molecule has 0 bridgehead atoms. The largest absolute Gasteiger partial charge is 0.461 e. The molecule has 0 aliphatic heterocycles. The first kappa shape index (κ1) is 10.7. The quantitative estimate of drug-likeness (QED) is 0.710. The first-order chi connectivity index (χ1) is 6.61. The summed E-state index contributed by atoms with van der Waals surface area (Å²) in [6, 6.07) is 0. The Morgan fingerprint density at radius 1 is 1.64 bits per heavy atom. The van der Waals surface area contributed by atoms with Crippen LogP contribution in [0.25, 0.3) is 0 Å². The summed E-state index contributed by atoms with van der Waals surface area (Å²) in [7, 11) is 1.78. The van der Waals surface area contributed by atoms with Crippen LogP contribution in [0.5, 0.6) is 0 Å². The van der Waals surface area contributed by atoms with Crippen molar-refractivity contribution in [3.05, 3.63) is 17.0 Å². The average molecular weight is 197 g/mol. The monoisotopic (exact) mass is 197 g/mol. The SMILES string of the molecule is CCOC(=O)c1nn(C)c(C)c1CN. The van der Waals surface area contributed by atoms with Crippen molar-refractivity contribution >= 4 is 5.97 Å². The highest BCUT2D eigenvalue weighted by Gasteiger charge is 2.18. The van der Waals surface area contributed by atoms with Crippen molar-refractivity contribution in [3.8, 4) is 0 Å². The molecule has 1 aromatic heterocycles. The third-order valence-corrected chi connectivity index (χ3v) is 2.13. The second kappa shape index (κ2) is 4.23. The first-order valence-corrected chi connectivity index (χ1v) is 4.51. The predicted molar refractivity (Wildman–Crippen MR) is 51.8 cm³/mol. The van der Waals surface area contributed by atoms with Gasteiger partial charge in [0.15, 0.2) is 5.69 Å². The number of carbonyl (C=O) groups is 1. The summed E-state index contributed by atoms with van der Waals surface area (Å²) in [4.78, 5) is 11.4. The Morgan fingerprint density at radius 3 is 2.79 bits per heavy atom. The van der Waals surface area contributed by atoms with Crippen LogP contribution in [0.2, 0.25) is 0 Å². The summed E-state index contributed by atoms with van der Waals surface area (Å²) in [6.07, 6.45) is 0. The molecule has 5 heteroatoms. The number of esters is 1. The molecule has 1 aromatic rings. The van der Waals surface area contributed by atoms with Crippen molar-refractivity contribution in [2.45, 2.75) is 20.4 Å². The lowest BCUT2D eigenvalue weighted by Crippen LogP contribution is -2.10. The second-order valence-corrected chi connectivity index (χ2v) is 2.96. The Kier molecular flexibility index (Phi) is 3.24. The zero-order valence-corrected chi connectivity index (χ0v) is 8.70.